The summed E-state index contributed by atoms with van der Waals surface area (Å²) >= 11 is 0. The van der Waals surface area contributed by atoms with Gasteiger partial charge in [-0.25, -0.2) is 9.79 Å². The van der Waals surface area contributed by atoms with Gasteiger partial charge in [-0.05, 0) is 11.6 Å². The molecular weight excluding hydrogens is 386 g/mol. The lowest BCUT2D eigenvalue weighted by atomic mass is 9.94. The van der Waals surface area contributed by atoms with Crippen LogP contribution < -0.4 is 0 Å². The zero-order valence-electron chi connectivity index (χ0n) is 16.1. The minimum Gasteiger partial charge on any atom is -0.464 e. The van der Waals surface area contributed by atoms with Gasteiger partial charge < -0.3 is 14.2 Å². The van der Waals surface area contributed by atoms with Crippen LogP contribution in [-0.2, 0) is 23.8 Å². The molecule has 2 aromatic carbocycles. The summed E-state index contributed by atoms with van der Waals surface area (Å²) in [6, 6.07) is 17.1. The number of rotatable bonds is 5. The van der Waals surface area contributed by atoms with Crippen LogP contribution in [0.3, 0.4) is 0 Å². The number of carbonyl (C=O) groups is 3. The molecule has 0 N–H and O–H groups in total. The van der Waals surface area contributed by atoms with E-state index in [1.54, 1.807) is 30.3 Å². The second kappa shape index (κ2) is 8.32. The Bertz CT molecular complexity index is 1010. The first-order chi connectivity index (χ1) is 14.5. The molecular formula is C23H19NO6. The number of ether oxygens (including phenoxy) is 3. The number of ketones is 1. The number of Topliss-reactive ketones (excluding diaryl/α,β-unsaturated/α-hetero) is 1. The molecule has 7 heteroatoms. The Hall–Kier alpha value is -3.74. The van der Waals surface area contributed by atoms with Crippen molar-refractivity contribution in [2.75, 3.05) is 0 Å². The molecule has 0 unspecified atom stereocenters. The van der Waals surface area contributed by atoms with Gasteiger partial charge in [0.15, 0.2) is 18.3 Å². The maximum atomic E-state index is 12.9. The summed E-state index contributed by atoms with van der Waals surface area (Å²) in [7, 11) is 0. The van der Waals surface area contributed by atoms with Crippen LogP contribution in [0.25, 0.3) is 0 Å². The maximum absolute atomic E-state index is 12.9. The normalized spacial score (nSPS) is 25.1. The predicted molar refractivity (Wildman–Crippen MR) is 107 cm³/mol. The van der Waals surface area contributed by atoms with Gasteiger partial charge in [-0.2, -0.15) is 0 Å². The summed E-state index contributed by atoms with van der Waals surface area (Å²) in [6.07, 6.45) is 0.216. The number of carbonyl (C=O) groups excluding carboxylic acids is 3. The molecule has 0 aliphatic carbocycles. The average Bonchev–Trinajstić information content (AvgIpc) is 3.21. The SMILES string of the molecule is CC(=O)O[C@H]1C=CC(=O)O[C@@H]1[C@H]1N=C(C(=O)c2ccccc2)O[C@@H]1c1ccccc1. The summed E-state index contributed by atoms with van der Waals surface area (Å²) in [6.45, 7) is 1.27. The molecule has 0 fully saturated rings. The van der Waals surface area contributed by atoms with E-state index < -0.39 is 36.3 Å². The molecule has 0 spiro atoms. The quantitative estimate of drug-likeness (QED) is 0.561. The van der Waals surface area contributed by atoms with Crippen LogP contribution >= 0.6 is 0 Å². The summed E-state index contributed by atoms with van der Waals surface area (Å²) in [5.41, 5.74) is 1.19. The fourth-order valence-electron chi connectivity index (χ4n) is 3.49. The number of esters is 2. The van der Waals surface area contributed by atoms with E-state index >= 15 is 0 Å². The highest BCUT2D eigenvalue weighted by Crippen LogP contribution is 2.35. The molecule has 7 nitrogen and oxygen atoms in total. The van der Waals surface area contributed by atoms with Crippen LogP contribution in [0.15, 0.2) is 77.8 Å². The predicted octanol–water partition coefficient (Wildman–Crippen LogP) is 2.82. The average molecular weight is 405 g/mol. The fourth-order valence-corrected chi connectivity index (χ4v) is 3.49. The molecule has 152 valence electrons. The van der Waals surface area contributed by atoms with Crippen molar-refractivity contribution in [1.29, 1.82) is 0 Å². The zero-order valence-corrected chi connectivity index (χ0v) is 16.1. The molecule has 0 amide bonds. The molecule has 30 heavy (non-hydrogen) atoms. The van der Waals surface area contributed by atoms with Gasteiger partial charge in [-0.1, -0.05) is 60.7 Å². The first-order valence-electron chi connectivity index (χ1n) is 9.48. The molecule has 4 rings (SSSR count). The van der Waals surface area contributed by atoms with Crippen molar-refractivity contribution in [3.63, 3.8) is 0 Å². The first-order valence-corrected chi connectivity index (χ1v) is 9.48. The summed E-state index contributed by atoms with van der Waals surface area (Å²) in [5.74, 6) is -1.55. The molecule has 0 saturated heterocycles. The van der Waals surface area contributed by atoms with Crippen LogP contribution in [-0.4, -0.2) is 41.9 Å². The third-order valence-corrected chi connectivity index (χ3v) is 4.81. The summed E-state index contributed by atoms with van der Waals surface area (Å²) in [5, 5.41) is 0. The molecule has 0 bridgehead atoms. The molecule has 0 radical (unpaired) electrons. The van der Waals surface area contributed by atoms with E-state index in [9.17, 15) is 14.4 Å². The number of cyclic esters (lactones) is 1. The summed E-state index contributed by atoms with van der Waals surface area (Å²) < 4.78 is 16.7. The Kier molecular flexibility index (Phi) is 5.43. The number of aliphatic imine (C=N–C) groups is 1. The third-order valence-electron chi connectivity index (χ3n) is 4.81. The van der Waals surface area contributed by atoms with Crippen molar-refractivity contribution < 1.29 is 28.6 Å². The lowest BCUT2D eigenvalue weighted by molar-refractivity contribution is -0.165. The molecule has 2 aromatic rings. The smallest absolute Gasteiger partial charge is 0.331 e. The fraction of sp³-hybridized carbons (Fsp3) is 0.217. The number of benzene rings is 2. The summed E-state index contributed by atoms with van der Waals surface area (Å²) in [4.78, 5) is 40.9. The molecule has 2 aliphatic rings. The minimum absolute atomic E-state index is 0.0766. The van der Waals surface area contributed by atoms with Crippen molar-refractivity contribution in [2.24, 2.45) is 4.99 Å². The Morgan fingerprint density at radius 2 is 1.63 bits per heavy atom. The standard InChI is InChI=1S/C23H19NO6/c1-14(25)28-17-12-13-18(26)29-22(17)19-21(16-10-6-3-7-11-16)30-23(24-19)20(27)15-8-4-2-5-9-15/h2-13,17,19,21-22H,1H3/t17-,19-,21+,22-/m0/s1. The highest BCUT2D eigenvalue weighted by atomic mass is 16.6. The molecule has 2 aliphatic heterocycles. The van der Waals surface area contributed by atoms with Crippen molar-refractivity contribution in [3.05, 3.63) is 83.9 Å². The lowest BCUT2D eigenvalue weighted by Gasteiger charge is -2.31. The van der Waals surface area contributed by atoms with E-state index in [2.05, 4.69) is 4.99 Å². The number of nitrogens with zero attached hydrogens (tertiary/aromatic N) is 1. The minimum atomic E-state index is -0.933. The van der Waals surface area contributed by atoms with Crippen LogP contribution in [0.4, 0.5) is 0 Å². The Balaban J connectivity index is 1.71. The zero-order chi connectivity index (χ0) is 21.1. The van der Waals surface area contributed by atoms with Crippen LogP contribution in [0.1, 0.15) is 28.9 Å². The maximum Gasteiger partial charge on any atom is 0.331 e. The second-order valence-corrected chi connectivity index (χ2v) is 6.90. The first kappa shape index (κ1) is 19.6. The van der Waals surface area contributed by atoms with Gasteiger partial charge in [-0.15, -0.1) is 0 Å². The lowest BCUT2D eigenvalue weighted by Crippen LogP contribution is -2.45. The topological polar surface area (TPSA) is 91.3 Å². The van der Waals surface area contributed by atoms with Crippen molar-refractivity contribution in [1.82, 2.24) is 0 Å². The van der Waals surface area contributed by atoms with E-state index in [0.717, 1.165) is 5.56 Å². The van der Waals surface area contributed by atoms with Crippen molar-refractivity contribution in [2.45, 2.75) is 31.3 Å². The van der Waals surface area contributed by atoms with Gasteiger partial charge >= 0.3 is 11.9 Å². The number of hydrogen-bond acceptors (Lipinski definition) is 7. The van der Waals surface area contributed by atoms with E-state index in [1.165, 1.54) is 19.1 Å². The van der Waals surface area contributed by atoms with E-state index in [4.69, 9.17) is 14.2 Å². The molecule has 4 atom stereocenters. The molecule has 0 aromatic heterocycles. The van der Waals surface area contributed by atoms with Gasteiger partial charge in [0.1, 0.15) is 6.04 Å². The van der Waals surface area contributed by atoms with Crippen LogP contribution in [0, 0.1) is 0 Å². The van der Waals surface area contributed by atoms with Crippen molar-refractivity contribution in [3.8, 4) is 0 Å². The van der Waals surface area contributed by atoms with E-state index in [-0.39, 0.29) is 11.7 Å². The molecule has 2 heterocycles. The molecule has 0 saturated carbocycles. The Labute approximate surface area is 173 Å². The van der Waals surface area contributed by atoms with Gasteiger partial charge in [-0.3, -0.25) is 9.59 Å². The number of hydrogen-bond donors (Lipinski definition) is 0. The largest absolute Gasteiger partial charge is 0.464 e. The van der Waals surface area contributed by atoms with E-state index in [0.29, 0.717) is 5.56 Å². The highest BCUT2D eigenvalue weighted by Gasteiger charge is 2.46. The Morgan fingerprint density at radius 3 is 2.30 bits per heavy atom. The van der Waals surface area contributed by atoms with Gasteiger partial charge in [0.25, 0.3) is 5.90 Å². The van der Waals surface area contributed by atoms with Crippen LogP contribution in [0.5, 0.6) is 0 Å². The van der Waals surface area contributed by atoms with E-state index in [1.807, 2.05) is 30.3 Å². The van der Waals surface area contributed by atoms with Crippen molar-refractivity contribution >= 4 is 23.6 Å². The second-order valence-electron chi connectivity index (χ2n) is 6.90. The van der Waals surface area contributed by atoms with Crippen LogP contribution in [0.2, 0.25) is 0 Å². The Morgan fingerprint density at radius 1 is 0.967 bits per heavy atom. The highest BCUT2D eigenvalue weighted by molar-refractivity contribution is 6.43. The third kappa shape index (κ3) is 4.00. The van der Waals surface area contributed by atoms with Gasteiger partial charge in [0.2, 0.25) is 5.78 Å². The van der Waals surface area contributed by atoms with Gasteiger partial charge in [0.05, 0.1) is 0 Å². The van der Waals surface area contributed by atoms with Gasteiger partial charge in [0, 0.05) is 18.6 Å². The monoisotopic (exact) mass is 405 g/mol.